The van der Waals surface area contributed by atoms with Gasteiger partial charge in [0.1, 0.15) is 11.9 Å². The minimum absolute atomic E-state index is 0.506. The molecule has 2 aromatic heterocycles. The van der Waals surface area contributed by atoms with Crippen LogP contribution in [0.2, 0.25) is 0 Å². The molecule has 1 atom stereocenters. The van der Waals surface area contributed by atoms with Crippen molar-refractivity contribution in [2.45, 2.75) is 32.2 Å². The summed E-state index contributed by atoms with van der Waals surface area (Å²) < 4.78 is 0. The van der Waals surface area contributed by atoms with Crippen LogP contribution in [0, 0.1) is 6.92 Å². The van der Waals surface area contributed by atoms with Crippen LogP contribution in [0.25, 0.3) is 11.4 Å². The topological polar surface area (TPSA) is 79.2 Å². The van der Waals surface area contributed by atoms with Crippen LogP contribution >= 0.6 is 0 Å². The zero-order chi connectivity index (χ0) is 15.5. The monoisotopic (exact) mass is 298 g/mol. The predicted molar refractivity (Wildman–Crippen MR) is 82.6 cm³/mol. The highest BCUT2D eigenvalue weighted by Gasteiger charge is 2.29. The Morgan fingerprint density at radius 2 is 2.05 bits per heavy atom. The Morgan fingerprint density at radius 1 is 1.27 bits per heavy atom. The molecule has 1 aliphatic rings. The van der Waals surface area contributed by atoms with Gasteiger partial charge in [0.15, 0.2) is 5.82 Å². The number of rotatable bonds is 3. The standard InChI is InChI=1S/C16H18N4O2/c1-11-10-14(20-9-3-2-4-13(20)16(21)22)19-15(18-11)12-5-7-17-8-6-12/h5-8,10,13H,2-4,9H2,1H3,(H,21,22). The predicted octanol–water partition coefficient (Wildman–Crippen LogP) is 2.29. The molecule has 3 rings (SSSR count). The molecule has 6 nitrogen and oxygen atoms in total. The highest BCUT2D eigenvalue weighted by molar-refractivity contribution is 5.78. The van der Waals surface area contributed by atoms with Gasteiger partial charge in [-0.2, -0.15) is 0 Å². The molecule has 1 unspecified atom stereocenters. The molecule has 0 spiro atoms. The number of pyridine rings is 1. The molecule has 1 saturated heterocycles. The molecule has 0 aliphatic carbocycles. The molecular weight excluding hydrogens is 280 g/mol. The van der Waals surface area contributed by atoms with E-state index in [1.165, 1.54) is 0 Å². The van der Waals surface area contributed by atoms with Crippen molar-refractivity contribution >= 4 is 11.8 Å². The summed E-state index contributed by atoms with van der Waals surface area (Å²) in [6.45, 7) is 2.61. The molecule has 114 valence electrons. The zero-order valence-electron chi connectivity index (χ0n) is 12.4. The van der Waals surface area contributed by atoms with Gasteiger partial charge in [0.2, 0.25) is 0 Å². The largest absolute Gasteiger partial charge is 0.480 e. The summed E-state index contributed by atoms with van der Waals surface area (Å²) in [6.07, 6.45) is 5.97. The molecule has 1 aliphatic heterocycles. The molecule has 0 aromatic carbocycles. The van der Waals surface area contributed by atoms with E-state index in [0.29, 0.717) is 24.6 Å². The number of nitrogens with zero attached hydrogens (tertiary/aromatic N) is 4. The summed E-state index contributed by atoms with van der Waals surface area (Å²) in [4.78, 5) is 26.4. The first-order valence-corrected chi connectivity index (χ1v) is 7.40. The lowest BCUT2D eigenvalue weighted by molar-refractivity contribution is -0.139. The van der Waals surface area contributed by atoms with Crippen molar-refractivity contribution < 1.29 is 9.90 Å². The number of carboxylic acids is 1. The van der Waals surface area contributed by atoms with E-state index in [1.54, 1.807) is 12.4 Å². The molecule has 6 heteroatoms. The Balaban J connectivity index is 2.00. The number of aliphatic carboxylic acids is 1. The average Bonchev–Trinajstić information content (AvgIpc) is 2.55. The van der Waals surface area contributed by atoms with Crippen LogP contribution in [-0.4, -0.2) is 38.6 Å². The minimum atomic E-state index is -0.790. The summed E-state index contributed by atoms with van der Waals surface area (Å²) in [6, 6.07) is 5.05. The van der Waals surface area contributed by atoms with Gasteiger partial charge in [0.25, 0.3) is 0 Å². The average molecular weight is 298 g/mol. The van der Waals surface area contributed by atoms with Gasteiger partial charge in [-0.05, 0) is 38.3 Å². The van der Waals surface area contributed by atoms with Crippen molar-refractivity contribution in [1.82, 2.24) is 15.0 Å². The Labute approximate surface area is 128 Å². The van der Waals surface area contributed by atoms with E-state index >= 15 is 0 Å². The van der Waals surface area contributed by atoms with Gasteiger partial charge in [-0.25, -0.2) is 14.8 Å². The van der Waals surface area contributed by atoms with E-state index in [-0.39, 0.29) is 0 Å². The van der Waals surface area contributed by atoms with Gasteiger partial charge in [-0.3, -0.25) is 4.98 Å². The number of carbonyl (C=O) groups is 1. The third-order valence-electron chi connectivity index (χ3n) is 3.86. The quantitative estimate of drug-likeness (QED) is 0.936. The molecule has 0 radical (unpaired) electrons. The van der Waals surface area contributed by atoms with Crippen LogP contribution in [0.5, 0.6) is 0 Å². The van der Waals surface area contributed by atoms with Crippen LogP contribution < -0.4 is 4.90 Å². The van der Waals surface area contributed by atoms with E-state index in [4.69, 9.17) is 0 Å². The first kappa shape index (κ1) is 14.4. The van der Waals surface area contributed by atoms with Crippen LogP contribution in [0.15, 0.2) is 30.6 Å². The number of hydrogen-bond acceptors (Lipinski definition) is 5. The smallest absolute Gasteiger partial charge is 0.326 e. The van der Waals surface area contributed by atoms with Crippen molar-refractivity contribution in [3.63, 3.8) is 0 Å². The summed E-state index contributed by atoms with van der Waals surface area (Å²) in [5, 5.41) is 9.43. The fourth-order valence-electron chi connectivity index (χ4n) is 2.79. The maximum atomic E-state index is 11.5. The molecular formula is C16H18N4O2. The summed E-state index contributed by atoms with van der Waals surface area (Å²) in [5.74, 6) is 0.500. The van der Waals surface area contributed by atoms with Crippen molar-refractivity contribution in [3.05, 3.63) is 36.3 Å². The van der Waals surface area contributed by atoms with Gasteiger partial charge in [0, 0.05) is 36.3 Å². The lowest BCUT2D eigenvalue weighted by Crippen LogP contribution is -2.45. The third-order valence-corrected chi connectivity index (χ3v) is 3.86. The van der Waals surface area contributed by atoms with E-state index in [9.17, 15) is 9.90 Å². The second-order valence-corrected chi connectivity index (χ2v) is 5.47. The van der Waals surface area contributed by atoms with E-state index in [0.717, 1.165) is 24.1 Å². The number of anilines is 1. The van der Waals surface area contributed by atoms with E-state index < -0.39 is 12.0 Å². The van der Waals surface area contributed by atoms with E-state index in [1.807, 2.05) is 30.0 Å². The zero-order valence-corrected chi connectivity index (χ0v) is 12.4. The summed E-state index contributed by atoms with van der Waals surface area (Å²) >= 11 is 0. The lowest BCUT2D eigenvalue weighted by atomic mass is 10.0. The minimum Gasteiger partial charge on any atom is -0.480 e. The molecule has 3 heterocycles. The number of aryl methyl sites for hydroxylation is 1. The lowest BCUT2D eigenvalue weighted by Gasteiger charge is -2.34. The number of hydrogen-bond donors (Lipinski definition) is 1. The van der Waals surface area contributed by atoms with E-state index in [2.05, 4.69) is 15.0 Å². The first-order chi connectivity index (χ1) is 10.6. The molecule has 1 N–H and O–H groups in total. The fourth-order valence-corrected chi connectivity index (χ4v) is 2.79. The first-order valence-electron chi connectivity index (χ1n) is 7.40. The molecule has 0 bridgehead atoms. The molecule has 0 amide bonds. The molecule has 2 aromatic rings. The van der Waals surface area contributed by atoms with Gasteiger partial charge in [-0.15, -0.1) is 0 Å². The molecule has 0 saturated carbocycles. The van der Waals surface area contributed by atoms with Gasteiger partial charge in [0.05, 0.1) is 0 Å². The Morgan fingerprint density at radius 3 is 2.77 bits per heavy atom. The molecule has 1 fully saturated rings. The van der Waals surface area contributed by atoms with Gasteiger partial charge in [-0.1, -0.05) is 0 Å². The maximum Gasteiger partial charge on any atom is 0.326 e. The van der Waals surface area contributed by atoms with Crippen LogP contribution in [-0.2, 0) is 4.79 Å². The van der Waals surface area contributed by atoms with Crippen molar-refractivity contribution in [1.29, 1.82) is 0 Å². The number of piperidine rings is 1. The summed E-state index contributed by atoms with van der Waals surface area (Å²) in [7, 11) is 0. The number of carboxylic acid groups (broad SMARTS) is 1. The Kier molecular flexibility index (Phi) is 4.00. The highest BCUT2D eigenvalue weighted by atomic mass is 16.4. The summed E-state index contributed by atoms with van der Waals surface area (Å²) in [5.41, 5.74) is 1.70. The van der Waals surface area contributed by atoms with Crippen molar-refractivity contribution in [3.8, 4) is 11.4 Å². The second-order valence-electron chi connectivity index (χ2n) is 5.47. The van der Waals surface area contributed by atoms with Crippen molar-refractivity contribution in [2.75, 3.05) is 11.4 Å². The van der Waals surface area contributed by atoms with Crippen LogP contribution in [0.4, 0.5) is 5.82 Å². The fraction of sp³-hybridized carbons (Fsp3) is 0.375. The molecule has 22 heavy (non-hydrogen) atoms. The van der Waals surface area contributed by atoms with Crippen LogP contribution in [0.1, 0.15) is 25.0 Å². The second kappa shape index (κ2) is 6.09. The van der Waals surface area contributed by atoms with Gasteiger partial charge < -0.3 is 10.0 Å². The maximum absolute atomic E-state index is 11.5. The van der Waals surface area contributed by atoms with Crippen LogP contribution in [0.3, 0.4) is 0 Å². The van der Waals surface area contributed by atoms with Gasteiger partial charge >= 0.3 is 5.97 Å². The Hall–Kier alpha value is -2.50. The third kappa shape index (κ3) is 2.90. The Bertz CT molecular complexity index is 675. The van der Waals surface area contributed by atoms with Crippen molar-refractivity contribution in [2.24, 2.45) is 0 Å². The SMILES string of the molecule is Cc1cc(N2CCCCC2C(=O)O)nc(-c2ccncc2)n1. The number of aromatic nitrogens is 3. The normalized spacial score (nSPS) is 18.2. The highest BCUT2D eigenvalue weighted by Crippen LogP contribution is 2.26.